The minimum atomic E-state index is -0.702. The van der Waals surface area contributed by atoms with E-state index >= 15 is 0 Å². The van der Waals surface area contributed by atoms with E-state index in [0.29, 0.717) is 12.3 Å². The fourth-order valence-electron chi connectivity index (χ4n) is 1.97. The van der Waals surface area contributed by atoms with E-state index in [2.05, 4.69) is 10.1 Å². The van der Waals surface area contributed by atoms with Crippen molar-refractivity contribution in [2.75, 3.05) is 0 Å². The zero-order valence-corrected chi connectivity index (χ0v) is 12.6. The first kappa shape index (κ1) is 15.7. The van der Waals surface area contributed by atoms with Crippen molar-refractivity contribution in [1.82, 2.24) is 19.7 Å². The number of hydrogen-bond donors (Lipinski definition) is 0. The summed E-state index contributed by atoms with van der Waals surface area (Å²) in [5.41, 5.74) is 0. The summed E-state index contributed by atoms with van der Waals surface area (Å²) in [6.07, 6.45) is 1.17. The molecule has 0 aliphatic rings. The number of carbonyl (C=O) groups excluding carboxylic acids is 1. The molecule has 22 heavy (non-hydrogen) atoms. The molecule has 0 spiro atoms. The number of aromatic nitrogens is 3. The molecule has 9 nitrogen and oxygen atoms in total. The van der Waals surface area contributed by atoms with Crippen molar-refractivity contribution >= 4 is 11.9 Å². The van der Waals surface area contributed by atoms with Gasteiger partial charge in [-0.05, 0) is 37.8 Å². The lowest BCUT2D eigenvalue weighted by Gasteiger charge is -2.25. The Bertz CT molecular complexity index is 676. The van der Waals surface area contributed by atoms with E-state index in [-0.39, 0.29) is 18.5 Å². The van der Waals surface area contributed by atoms with Gasteiger partial charge in [0.2, 0.25) is 12.2 Å². The predicted octanol–water partition coefficient (Wildman–Crippen LogP) is 1.52. The van der Waals surface area contributed by atoms with Crippen LogP contribution in [0.4, 0.5) is 5.95 Å². The van der Waals surface area contributed by atoms with Crippen molar-refractivity contribution in [3.05, 3.63) is 40.1 Å². The van der Waals surface area contributed by atoms with E-state index in [0.717, 1.165) is 10.4 Å². The van der Waals surface area contributed by atoms with E-state index < -0.39 is 10.9 Å². The van der Waals surface area contributed by atoms with Crippen molar-refractivity contribution in [2.24, 2.45) is 0 Å². The summed E-state index contributed by atoms with van der Waals surface area (Å²) < 4.78 is 6.64. The Balaban J connectivity index is 2.07. The Kier molecular flexibility index (Phi) is 4.54. The quantitative estimate of drug-likeness (QED) is 0.591. The first-order valence-corrected chi connectivity index (χ1v) is 6.75. The maximum Gasteiger partial charge on any atom is 0.490 e. The Morgan fingerprint density at radius 3 is 2.73 bits per heavy atom. The van der Waals surface area contributed by atoms with Gasteiger partial charge in [-0.3, -0.25) is 4.79 Å². The SMILES string of the molecule is Cc1ccc(CN(C(=O)Cn2cnc([N+](=O)[O-])n2)C(C)C)o1. The van der Waals surface area contributed by atoms with Crippen LogP contribution in [0.5, 0.6) is 0 Å². The van der Waals surface area contributed by atoms with Crippen molar-refractivity contribution in [1.29, 1.82) is 0 Å². The first-order valence-electron chi connectivity index (χ1n) is 6.75. The number of hydrogen-bond acceptors (Lipinski definition) is 6. The number of nitrogens with zero attached hydrogens (tertiary/aromatic N) is 5. The van der Waals surface area contributed by atoms with Crippen LogP contribution in [0.25, 0.3) is 0 Å². The Morgan fingerprint density at radius 2 is 2.23 bits per heavy atom. The number of nitro groups is 1. The number of carbonyl (C=O) groups is 1. The normalized spacial score (nSPS) is 10.9. The molecule has 0 saturated heterocycles. The van der Waals surface area contributed by atoms with Gasteiger partial charge in [0.1, 0.15) is 18.1 Å². The topological polar surface area (TPSA) is 107 Å². The summed E-state index contributed by atoms with van der Waals surface area (Å²) >= 11 is 0. The molecule has 0 bridgehead atoms. The van der Waals surface area contributed by atoms with Gasteiger partial charge < -0.3 is 19.4 Å². The van der Waals surface area contributed by atoms with E-state index in [1.54, 1.807) is 4.90 Å². The van der Waals surface area contributed by atoms with Crippen LogP contribution in [0.1, 0.15) is 25.4 Å². The summed E-state index contributed by atoms with van der Waals surface area (Å²) in [7, 11) is 0. The van der Waals surface area contributed by atoms with Crippen molar-refractivity contribution in [3.8, 4) is 0 Å². The Hall–Kier alpha value is -2.71. The third kappa shape index (κ3) is 3.68. The molecule has 0 N–H and O–H groups in total. The van der Waals surface area contributed by atoms with Gasteiger partial charge in [-0.1, -0.05) is 4.98 Å². The molecule has 2 rings (SSSR count). The molecule has 2 aromatic heterocycles. The number of furan rings is 1. The average molecular weight is 307 g/mol. The fourth-order valence-corrected chi connectivity index (χ4v) is 1.97. The van der Waals surface area contributed by atoms with E-state index in [4.69, 9.17) is 4.42 Å². The highest BCUT2D eigenvalue weighted by Crippen LogP contribution is 2.13. The molecular weight excluding hydrogens is 290 g/mol. The van der Waals surface area contributed by atoms with Crippen molar-refractivity contribution < 1.29 is 14.1 Å². The molecule has 0 aromatic carbocycles. The summed E-state index contributed by atoms with van der Waals surface area (Å²) in [5, 5.41) is 14.2. The van der Waals surface area contributed by atoms with Crippen LogP contribution in [-0.4, -0.2) is 36.5 Å². The van der Waals surface area contributed by atoms with Gasteiger partial charge in [0.05, 0.1) is 6.54 Å². The largest absolute Gasteiger partial charge is 0.490 e. The van der Waals surface area contributed by atoms with Crippen LogP contribution in [0.2, 0.25) is 0 Å². The lowest BCUT2D eigenvalue weighted by molar-refractivity contribution is -0.394. The van der Waals surface area contributed by atoms with Gasteiger partial charge >= 0.3 is 5.95 Å². The smallest absolute Gasteiger partial charge is 0.464 e. The second kappa shape index (κ2) is 6.37. The standard InChI is InChI=1S/C13H17N5O4/c1-9(2)17(6-11-5-4-10(3)22-11)12(19)7-16-8-14-13(15-16)18(20)21/h4-5,8-9H,6-7H2,1-3H3. The lowest BCUT2D eigenvalue weighted by Crippen LogP contribution is -2.38. The number of aryl methyl sites for hydroxylation is 1. The minimum absolute atomic E-state index is 0.0450. The summed E-state index contributed by atoms with van der Waals surface area (Å²) in [6.45, 7) is 5.83. The van der Waals surface area contributed by atoms with Crippen LogP contribution in [-0.2, 0) is 17.9 Å². The van der Waals surface area contributed by atoms with E-state index in [9.17, 15) is 14.9 Å². The number of amides is 1. The first-order chi connectivity index (χ1) is 10.4. The van der Waals surface area contributed by atoms with Crippen molar-refractivity contribution in [2.45, 2.75) is 39.9 Å². The highest BCUT2D eigenvalue weighted by atomic mass is 16.6. The van der Waals surface area contributed by atoms with Crippen LogP contribution < -0.4 is 0 Å². The zero-order valence-electron chi connectivity index (χ0n) is 12.6. The molecule has 9 heteroatoms. The van der Waals surface area contributed by atoms with Crippen molar-refractivity contribution in [3.63, 3.8) is 0 Å². The maximum atomic E-state index is 12.4. The second-order valence-electron chi connectivity index (χ2n) is 5.13. The van der Waals surface area contributed by atoms with Gasteiger partial charge in [0.15, 0.2) is 0 Å². The van der Waals surface area contributed by atoms with Crippen LogP contribution in [0.15, 0.2) is 22.9 Å². The summed E-state index contributed by atoms with van der Waals surface area (Å²) in [4.78, 5) is 27.4. The maximum absolute atomic E-state index is 12.4. The Morgan fingerprint density at radius 1 is 1.50 bits per heavy atom. The molecule has 1 amide bonds. The predicted molar refractivity (Wildman–Crippen MR) is 75.8 cm³/mol. The molecular formula is C13H17N5O4. The molecule has 2 heterocycles. The fraction of sp³-hybridized carbons (Fsp3) is 0.462. The molecule has 2 aromatic rings. The molecule has 0 unspecified atom stereocenters. The third-order valence-corrected chi connectivity index (χ3v) is 3.05. The molecule has 0 fully saturated rings. The molecule has 0 radical (unpaired) electrons. The van der Waals surface area contributed by atoms with Gasteiger partial charge in [0.25, 0.3) is 0 Å². The van der Waals surface area contributed by atoms with E-state index in [1.165, 1.54) is 6.33 Å². The zero-order chi connectivity index (χ0) is 16.3. The van der Waals surface area contributed by atoms with Crippen LogP contribution in [0, 0.1) is 17.0 Å². The molecule has 0 saturated carbocycles. The van der Waals surface area contributed by atoms with Gasteiger partial charge in [-0.25, -0.2) is 0 Å². The van der Waals surface area contributed by atoms with Gasteiger partial charge in [-0.2, -0.15) is 4.68 Å². The van der Waals surface area contributed by atoms with Crippen LogP contribution >= 0.6 is 0 Å². The summed E-state index contributed by atoms with van der Waals surface area (Å²) in [5.74, 6) is 0.719. The minimum Gasteiger partial charge on any atom is -0.464 e. The highest BCUT2D eigenvalue weighted by Gasteiger charge is 2.22. The molecule has 118 valence electrons. The molecule has 0 aliphatic carbocycles. The second-order valence-corrected chi connectivity index (χ2v) is 5.13. The third-order valence-electron chi connectivity index (χ3n) is 3.05. The van der Waals surface area contributed by atoms with Crippen LogP contribution in [0.3, 0.4) is 0 Å². The lowest BCUT2D eigenvalue weighted by atomic mass is 10.3. The monoisotopic (exact) mass is 307 g/mol. The van der Waals surface area contributed by atoms with Gasteiger partial charge in [0, 0.05) is 11.1 Å². The Labute approximate surface area is 126 Å². The van der Waals surface area contributed by atoms with Gasteiger partial charge in [-0.15, -0.1) is 0 Å². The number of rotatable bonds is 6. The average Bonchev–Trinajstić information content (AvgIpc) is 3.04. The van der Waals surface area contributed by atoms with E-state index in [1.807, 2.05) is 32.9 Å². The highest BCUT2D eigenvalue weighted by molar-refractivity contribution is 5.76. The molecule has 0 atom stereocenters. The summed E-state index contributed by atoms with van der Waals surface area (Å²) in [6, 6.07) is 3.61. The molecule has 0 aliphatic heterocycles.